The SMILES string of the molecule is C=C(c1ccccc1OCc1ccnn1CC(F)(F)F)C(Oc1ncnc2sc(-c3ccc(F)o3)c(-c3ccc(OCCN4CCN(C)CC4)c(Cl)c3C)c12)C(=O)OCC. The monoisotopic (exact) mass is 868 g/mol. The van der Waals surface area contributed by atoms with Crippen molar-refractivity contribution in [2.45, 2.75) is 39.3 Å². The fourth-order valence-corrected chi connectivity index (χ4v) is 8.13. The zero-order chi connectivity index (χ0) is 42.6. The number of carbonyl (C=O) groups excluding carboxylic acids is 1. The lowest BCUT2D eigenvalue weighted by molar-refractivity contribution is -0.148. The van der Waals surface area contributed by atoms with Crippen LogP contribution >= 0.6 is 22.9 Å². The summed E-state index contributed by atoms with van der Waals surface area (Å²) < 4.78 is 84.4. The molecule has 0 saturated carbocycles. The van der Waals surface area contributed by atoms with Crippen LogP contribution in [0.1, 0.15) is 23.7 Å². The van der Waals surface area contributed by atoms with Crippen molar-refractivity contribution < 1.29 is 45.7 Å². The molecule has 1 unspecified atom stereocenters. The minimum absolute atomic E-state index is 0.00585. The molecule has 316 valence electrons. The third-order valence-electron chi connectivity index (χ3n) is 9.92. The van der Waals surface area contributed by atoms with Crippen LogP contribution in [0.25, 0.3) is 37.6 Å². The van der Waals surface area contributed by atoms with Gasteiger partial charge in [0.2, 0.25) is 12.0 Å². The summed E-state index contributed by atoms with van der Waals surface area (Å²) in [4.78, 5) is 28.3. The van der Waals surface area contributed by atoms with Gasteiger partial charge in [-0.25, -0.2) is 14.8 Å². The molecule has 4 aromatic heterocycles. The summed E-state index contributed by atoms with van der Waals surface area (Å²) in [5.41, 5.74) is 2.39. The number of aromatic nitrogens is 4. The number of carbonyl (C=O) groups is 1. The second kappa shape index (κ2) is 18.4. The summed E-state index contributed by atoms with van der Waals surface area (Å²) in [6.45, 7) is 11.2. The number of ether oxygens (including phenoxy) is 4. The lowest BCUT2D eigenvalue weighted by atomic mass is 9.97. The summed E-state index contributed by atoms with van der Waals surface area (Å²) in [6.07, 6.45) is -3.47. The van der Waals surface area contributed by atoms with Crippen LogP contribution in [0.5, 0.6) is 17.4 Å². The van der Waals surface area contributed by atoms with Crippen molar-refractivity contribution in [3.63, 3.8) is 0 Å². The van der Waals surface area contributed by atoms with Crippen molar-refractivity contribution in [3.05, 3.63) is 102 Å². The fraction of sp³-hybridized carbons (Fsp3) is 0.333. The molecule has 0 N–H and O–H groups in total. The lowest BCUT2D eigenvalue weighted by Crippen LogP contribution is -2.45. The van der Waals surface area contributed by atoms with E-state index in [9.17, 15) is 22.4 Å². The highest BCUT2D eigenvalue weighted by atomic mass is 35.5. The van der Waals surface area contributed by atoms with E-state index in [0.29, 0.717) is 54.7 Å². The number of esters is 1. The second-order valence-electron chi connectivity index (χ2n) is 14.0. The van der Waals surface area contributed by atoms with Gasteiger partial charge in [0, 0.05) is 61.7 Å². The van der Waals surface area contributed by atoms with Crippen molar-refractivity contribution in [1.29, 1.82) is 0 Å². The van der Waals surface area contributed by atoms with E-state index in [1.165, 1.54) is 42.1 Å². The lowest BCUT2D eigenvalue weighted by Gasteiger charge is -2.32. The van der Waals surface area contributed by atoms with Crippen molar-refractivity contribution in [3.8, 4) is 39.1 Å². The molecule has 1 atom stereocenters. The zero-order valence-electron chi connectivity index (χ0n) is 32.9. The molecule has 1 aliphatic heterocycles. The maximum atomic E-state index is 14.4. The largest absolute Gasteiger partial charge is 0.491 e. The predicted octanol–water partition coefficient (Wildman–Crippen LogP) is 8.71. The van der Waals surface area contributed by atoms with Crippen molar-refractivity contribution >= 4 is 44.7 Å². The fourth-order valence-electron chi connectivity index (χ4n) is 6.80. The number of piperazine rings is 1. The van der Waals surface area contributed by atoms with E-state index in [1.54, 1.807) is 37.3 Å². The van der Waals surface area contributed by atoms with Crippen LogP contribution in [0.15, 0.2) is 78.1 Å². The Balaban J connectivity index is 1.23. The molecule has 1 fully saturated rings. The van der Waals surface area contributed by atoms with Crippen molar-refractivity contribution in [2.24, 2.45) is 0 Å². The standard InChI is InChI=1S/C42H41ClF4N6O6S/c1-5-55-41(54)37(26(3)28-8-6-7-9-30(28)57-22-27-14-15-50-53(27)23-42(45,46)47)59-39-35-34(38(32-12-13-33(44)58-32)60-40(35)49-24-48-39)29-10-11-31(36(43)25(29)2)56-21-20-52-18-16-51(4)17-19-52/h6-15,24,37H,3,5,16-23H2,1-2,4H3. The number of halogens is 5. The first-order valence-electron chi connectivity index (χ1n) is 19.0. The number of hydrogen-bond donors (Lipinski definition) is 0. The van der Waals surface area contributed by atoms with E-state index in [0.717, 1.165) is 37.4 Å². The number of alkyl halides is 3. The minimum Gasteiger partial charge on any atom is -0.491 e. The van der Waals surface area contributed by atoms with Gasteiger partial charge in [0.1, 0.15) is 48.2 Å². The van der Waals surface area contributed by atoms with E-state index < -0.39 is 30.8 Å². The normalized spacial score (nSPS) is 14.3. The van der Waals surface area contributed by atoms with Crippen LogP contribution in [-0.4, -0.2) is 101 Å². The molecule has 1 saturated heterocycles. The van der Waals surface area contributed by atoms with E-state index in [4.69, 9.17) is 35.0 Å². The first-order valence-corrected chi connectivity index (χ1v) is 20.2. The molecule has 18 heteroatoms. The third kappa shape index (κ3) is 9.59. The minimum atomic E-state index is -4.49. The molecule has 0 spiro atoms. The van der Waals surface area contributed by atoms with Gasteiger partial charge in [0.25, 0.3) is 6.01 Å². The van der Waals surface area contributed by atoms with Crippen molar-refractivity contribution in [1.82, 2.24) is 29.5 Å². The van der Waals surface area contributed by atoms with Gasteiger partial charge < -0.3 is 28.3 Å². The van der Waals surface area contributed by atoms with E-state index in [2.05, 4.69) is 38.5 Å². The number of hydrogen-bond acceptors (Lipinski definition) is 12. The summed E-state index contributed by atoms with van der Waals surface area (Å²) in [7, 11) is 2.10. The van der Waals surface area contributed by atoms with E-state index in [1.807, 2.05) is 13.0 Å². The smallest absolute Gasteiger partial charge is 0.408 e. The van der Waals surface area contributed by atoms with Crippen LogP contribution in [0, 0.1) is 12.9 Å². The highest BCUT2D eigenvalue weighted by molar-refractivity contribution is 7.22. The van der Waals surface area contributed by atoms with E-state index >= 15 is 0 Å². The van der Waals surface area contributed by atoms with Crippen LogP contribution < -0.4 is 14.2 Å². The molecule has 60 heavy (non-hydrogen) atoms. The Labute approximate surface area is 351 Å². The molecule has 0 bridgehead atoms. The van der Waals surface area contributed by atoms with Crippen LogP contribution in [0.2, 0.25) is 5.02 Å². The maximum Gasteiger partial charge on any atom is 0.408 e. The molecule has 0 amide bonds. The van der Waals surface area contributed by atoms with Gasteiger partial charge in [-0.2, -0.15) is 22.7 Å². The Morgan fingerprint density at radius 3 is 2.55 bits per heavy atom. The van der Waals surface area contributed by atoms with E-state index in [-0.39, 0.29) is 41.9 Å². The first-order chi connectivity index (χ1) is 28.8. The van der Waals surface area contributed by atoms with Gasteiger partial charge in [-0.1, -0.05) is 42.4 Å². The molecule has 0 aliphatic carbocycles. The Hall–Kier alpha value is -5.49. The quantitative estimate of drug-likeness (QED) is 0.0687. The van der Waals surface area contributed by atoms with Gasteiger partial charge in [0.05, 0.1) is 27.6 Å². The summed E-state index contributed by atoms with van der Waals surface area (Å²) in [5, 5.41) is 4.53. The average molecular weight is 869 g/mol. The molecule has 12 nitrogen and oxygen atoms in total. The zero-order valence-corrected chi connectivity index (χ0v) is 34.5. The Morgan fingerprint density at radius 1 is 1.03 bits per heavy atom. The van der Waals surface area contributed by atoms with Gasteiger partial charge in [-0.3, -0.25) is 9.58 Å². The number of rotatable bonds is 16. The highest BCUT2D eigenvalue weighted by Gasteiger charge is 2.33. The molecular formula is C42H41ClF4N6O6S. The molecule has 5 heterocycles. The average Bonchev–Trinajstić information content (AvgIpc) is 3.96. The molecular weight excluding hydrogens is 828 g/mol. The molecule has 1 aliphatic rings. The number of furan rings is 1. The number of thiophene rings is 1. The molecule has 6 aromatic rings. The summed E-state index contributed by atoms with van der Waals surface area (Å²) in [6, 6.07) is 13.5. The van der Waals surface area contributed by atoms with Crippen LogP contribution in [0.3, 0.4) is 0 Å². The summed E-state index contributed by atoms with van der Waals surface area (Å²) in [5.74, 6) is 0.0983. The topological polar surface area (TPSA) is 117 Å². The molecule has 2 aromatic carbocycles. The molecule has 0 radical (unpaired) electrons. The predicted molar refractivity (Wildman–Crippen MR) is 219 cm³/mol. The number of benzene rings is 2. The first kappa shape index (κ1) is 42.6. The summed E-state index contributed by atoms with van der Waals surface area (Å²) >= 11 is 8.20. The van der Waals surface area contributed by atoms with Gasteiger partial charge >= 0.3 is 12.1 Å². The number of likely N-dealkylation sites (N-methyl/N-ethyl adjacent to an activating group) is 1. The second-order valence-corrected chi connectivity index (χ2v) is 15.3. The van der Waals surface area contributed by atoms with Crippen LogP contribution in [0.4, 0.5) is 17.6 Å². The van der Waals surface area contributed by atoms with Gasteiger partial charge in [-0.05, 0) is 56.3 Å². The molecule has 7 rings (SSSR count). The third-order valence-corrected chi connectivity index (χ3v) is 11.5. The van der Waals surface area contributed by atoms with Gasteiger partial charge in [-0.15, -0.1) is 11.3 Å². The number of fused-ring (bicyclic) bond motifs is 1. The Bertz CT molecular complexity index is 2480. The highest BCUT2D eigenvalue weighted by Crippen LogP contribution is 2.50. The maximum absolute atomic E-state index is 14.4. The Morgan fingerprint density at radius 2 is 1.82 bits per heavy atom. The number of nitrogens with zero attached hydrogens (tertiary/aromatic N) is 6. The number of para-hydroxylation sites is 1. The Kier molecular flexibility index (Phi) is 13.1. The van der Waals surface area contributed by atoms with Gasteiger partial charge in [0.15, 0.2) is 0 Å². The van der Waals surface area contributed by atoms with Crippen LogP contribution in [-0.2, 0) is 22.7 Å². The van der Waals surface area contributed by atoms with Crippen molar-refractivity contribution in [2.75, 3.05) is 53.0 Å².